The van der Waals surface area contributed by atoms with Crippen molar-refractivity contribution in [1.82, 2.24) is 30.3 Å². The third-order valence-corrected chi connectivity index (χ3v) is 6.66. The van der Waals surface area contributed by atoms with Gasteiger partial charge in [0.2, 0.25) is 11.8 Å². The van der Waals surface area contributed by atoms with Crippen LogP contribution in [0.25, 0.3) is 0 Å². The Hall–Kier alpha value is -3.72. The Bertz CT molecular complexity index is 1190. The molecule has 0 saturated carbocycles. The number of alkyl halides is 4. The zero-order valence-electron chi connectivity index (χ0n) is 23.3. The Balaban J connectivity index is 1.35. The molecule has 2 saturated heterocycles. The first-order valence-corrected chi connectivity index (χ1v) is 13.3. The number of amides is 2. The highest BCUT2D eigenvalue weighted by molar-refractivity contribution is 5.94. The van der Waals surface area contributed by atoms with Gasteiger partial charge in [0.25, 0.3) is 12.3 Å². The Morgan fingerprint density at radius 1 is 1.10 bits per heavy atom. The van der Waals surface area contributed by atoms with Crippen molar-refractivity contribution < 1.29 is 36.4 Å². The van der Waals surface area contributed by atoms with Crippen molar-refractivity contribution in [3.63, 3.8) is 0 Å². The Morgan fingerprint density at radius 2 is 1.73 bits per heavy atom. The van der Waals surface area contributed by atoms with E-state index in [2.05, 4.69) is 25.4 Å². The predicted molar refractivity (Wildman–Crippen MR) is 138 cm³/mol. The van der Waals surface area contributed by atoms with Crippen LogP contribution in [0.15, 0.2) is 16.9 Å². The molecule has 4 rings (SSSR count). The van der Waals surface area contributed by atoms with E-state index < -0.39 is 48.4 Å². The highest BCUT2D eigenvalue weighted by atomic mass is 19.3. The van der Waals surface area contributed by atoms with Crippen LogP contribution in [0, 0.1) is 0 Å². The molecule has 16 heteroatoms. The van der Waals surface area contributed by atoms with Crippen LogP contribution in [0.4, 0.5) is 34.3 Å². The van der Waals surface area contributed by atoms with Gasteiger partial charge in [-0.2, -0.15) is 13.8 Å². The molecule has 2 aromatic heterocycles. The van der Waals surface area contributed by atoms with E-state index in [1.807, 2.05) is 4.90 Å². The van der Waals surface area contributed by atoms with Crippen LogP contribution in [0.5, 0.6) is 0 Å². The number of halogens is 4. The molecule has 2 amide bonds. The van der Waals surface area contributed by atoms with Crippen molar-refractivity contribution >= 4 is 24.0 Å². The van der Waals surface area contributed by atoms with E-state index in [-0.39, 0.29) is 43.6 Å². The Morgan fingerprint density at radius 3 is 2.29 bits per heavy atom. The van der Waals surface area contributed by atoms with Crippen LogP contribution in [-0.4, -0.2) is 93.8 Å². The summed E-state index contributed by atoms with van der Waals surface area (Å²) in [6.07, 6.45) is 0.558. The van der Waals surface area contributed by atoms with Gasteiger partial charge in [-0.05, 0) is 40.0 Å². The molecule has 0 spiro atoms. The number of nitrogens with zero attached hydrogens (tertiary/aromatic N) is 7. The minimum atomic E-state index is -3.26. The standard InChI is InChI=1S/C25H34F4N8O4/c1-24(2,3)40-23(39)32-16-5-8-36(13-16)21-30-11-15(12-31-21)19(38)37(14-18(26)27)17-6-9-35(10-7-17)22-33-20(34-41-22)25(4,28)29/h11-12,16-18H,5-10,13-14H2,1-4H3,(H,32,39). The third kappa shape index (κ3) is 7.94. The number of carbonyl (C=O) groups is 2. The topological polar surface area (TPSA) is 130 Å². The summed E-state index contributed by atoms with van der Waals surface area (Å²) in [5, 5.41) is 6.12. The average Bonchev–Trinajstić information content (AvgIpc) is 3.56. The van der Waals surface area contributed by atoms with Gasteiger partial charge in [-0.25, -0.2) is 23.5 Å². The summed E-state index contributed by atoms with van der Waals surface area (Å²) >= 11 is 0. The number of alkyl carbamates (subject to hydrolysis) is 1. The number of carbonyl (C=O) groups excluding carboxylic acids is 2. The molecule has 226 valence electrons. The molecular formula is C25H34F4N8O4. The first-order valence-electron chi connectivity index (χ1n) is 13.3. The summed E-state index contributed by atoms with van der Waals surface area (Å²) < 4.78 is 64.1. The zero-order chi connectivity index (χ0) is 29.9. The van der Waals surface area contributed by atoms with Crippen molar-refractivity contribution in [3.8, 4) is 0 Å². The lowest BCUT2D eigenvalue weighted by Gasteiger charge is -2.37. The van der Waals surface area contributed by atoms with Crippen LogP contribution < -0.4 is 15.1 Å². The molecular weight excluding hydrogens is 552 g/mol. The number of hydrogen-bond acceptors (Lipinski definition) is 10. The Labute approximate surface area is 234 Å². The number of hydrogen-bond donors (Lipinski definition) is 1. The number of aromatic nitrogens is 4. The largest absolute Gasteiger partial charge is 0.444 e. The molecule has 4 heterocycles. The number of nitrogens with one attached hydrogen (secondary N) is 1. The van der Waals surface area contributed by atoms with Crippen LogP contribution in [0.3, 0.4) is 0 Å². The first-order chi connectivity index (χ1) is 19.2. The molecule has 0 aromatic carbocycles. The van der Waals surface area contributed by atoms with E-state index in [4.69, 9.17) is 9.26 Å². The van der Waals surface area contributed by atoms with Crippen molar-refractivity contribution in [1.29, 1.82) is 0 Å². The molecule has 1 N–H and O–H groups in total. The summed E-state index contributed by atoms with van der Waals surface area (Å²) in [5.74, 6) is -4.28. The summed E-state index contributed by atoms with van der Waals surface area (Å²) in [5.41, 5.74) is -0.553. The highest BCUT2D eigenvalue weighted by Crippen LogP contribution is 2.28. The molecule has 0 bridgehead atoms. The molecule has 2 aliphatic rings. The van der Waals surface area contributed by atoms with Crippen LogP contribution in [0.2, 0.25) is 0 Å². The number of rotatable bonds is 8. The molecule has 12 nitrogen and oxygen atoms in total. The predicted octanol–water partition coefficient (Wildman–Crippen LogP) is 3.45. The summed E-state index contributed by atoms with van der Waals surface area (Å²) in [6.45, 7) is 6.72. The smallest absolute Gasteiger partial charge is 0.407 e. The minimum absolute atomic E-state index is 0.0613. The van der Waals surface area contributed by atoms with Crippen LogP contribution in [-0.2, 0) is 10.7 Å². The maximum absolute atomic E-state index is 13.5. The lowest BCUT2D eigenvalue weighted by molar-refractivity contribution is 0.00557. The quantitative estimate of drug-likeness (QED) is 0.459. The van der Waals surface area contributed by atoms with E-state index in [1.54, 1.807) is 25.7 Å². The maximum atomic E-state index is 13.5. The summed E-state index contributed by atoms with van der Waals surface area (Å²) in [7, 11) is 0. The van der Waals surface area contributed by atoms with Crippen molar-refractivity contribution in [2.45, 2.75) is 77.0 Å². The lowest BCUT2D eigenvalue weighted by atomic mass is 10.0. The SMILES string of the molecule is CC(C)(C)OC(=O)NC1CCN(c2ncc(C(=O)N(CC(F)F)C3CCN(c4nc(C(C)(F)F)no4)CC3)cn2)C1. The molecule has 0 aliphatic carbocycles. The van der Waals surface area contributed by atoms with E-state index in [0.717, 1.165) is 4.90 Å². The third-order valence-electron chi connectivity index (χ3n) is 6.66. The second kappa shape index (κ2) is 12.0. The van der Waals surface area contributed by atoms with Gasteiger partial charge < -0.3 is 29.3 Å². The zero-order valence-corrected chi connectivity index (χ0v) is 23.3. The van der Waals surface area contributed by atoms with Gasteiger partial charge in [-0.1, -0.05) is 5.16 Å². The fraction of sp³-hybridized carbons (Fsp3) is 0.680. The second-order valence-electron chi connectivity index (χ2n) is 11.2. The molecule has 2 aliphatic heterocycles. The fourth-order valence-electron chi connectivity index (χ4n) is 4.73. The maximum Gasteiger partial charge on any atom is 0.407 e. The van der Waals surface area contributed by atoms with Gasteiger partial charge in [-0.15, -0.1) is 0 Å². The summed E-state index contributed by atoms with van der Waals surface area (Å²) in [6, 6.07) is -0.777. The van der Waals surface area contributed by atoms with Gasteiger partial charge in [0.15, 0.2) is 0 Å². The van der Waals surface area contributed by atoms with E-state index in [1.165, 1.54) is 12.4 Å². The number of ether oxygens (including phenoxy) is 1. The lowest BCUT2D eigenvalue weighted by Crippen LogP contribution is -2.49. The fourth-order valence-corrected chi connectivity index (χ4v) is 4.73. The molecule has 0 radical (unpaired) electrons. The van der Waals surface area contributed by atoms with Gasteiger partial charge in [0.05, 0.1) is 18.2 Å². The van der Waals surface area contributed by atoms with Crippen LogP contribution in [0.1, 0.15) is 63.1 Å². The second-order valence-corrected chi connectivity index (χ2v) is 11.2. The van der Waals surface area contributed by atoms with Gasteiger partial charge in [0.1, 0.15) is 5.60 Å². The number of piperidine rings is 1. The first kappa shape index (κ1) is 30.2. The highest BCUT2D eigenvalue weighted by Gasteiger charge is 2.35. The van der Waals surface area contributed by atoms with Gasteiger partial charge in [-0.3, -0.25) is 4.79 Å². The van der Waals surface area contributed by atoms with Crippen molar-refractivity contribution in [3.05, 3.63) is 23.8 Å². The molecule has 1 atom stereocenters. The van der Waals surface area contributed by atoms with E-state index >= 15 is 0 Å². The van der Waals surface area contributed by atoms with Crippen molar-refractivity contribution in [2.75, 3.05) is 42.5 Å². The average molecular weight is 587 g/mol. The Kier molecular flexibility index (Phi) is 8.87. The number of anilines is 2. The van der Waals surface area contributed by atoms with E-state index in [9.17, 15) is 27.2 Å². The normalized spacial score (nSPS) is 18.6. The van der Waals surface area contributed by atoms with Gasteiger partial charge in [0, 0.05) is 51.5 Å². The van der Waals surface area contributed by atoms with Crippen molar-refractivity contribution in [2.24, 2.45) is 0 Å². The molecule has 1 unspecified atom stereocenters. The molecule has 2 fully saturated rings. The molecule has 41 heavy (non-hydrogen) atoms. The monoisotopic (exact) mass is 586 g/mol. The van der Waals surface area contributed by atoms with E-state index in [0.29, 0.717) is 32.4 Å². The van der Waals surface area contributed by atoms with Crippen LogP contribution >= 0.6 is 0 Å². The molecule has 2 aromatic rings. The minimum Gasteiger partial charge on any atom is -0.444 e. The summed E-state index contributed by atoms with van der Waals surface area (Å²) in [4.78, 5) is 42.1. The van der Waals surface area contributed by atoms with Gasteiger partial charge >= 0.3 is 18.0 Å².